The highest BCUT2D eigenvalue weighted by Gasteiger charge is 2.22. The van der Waals surface area contributed by atoms with Crippen LogP contribution in [0.2, 0.25) is 0 Å². The summed E-state index contributed by atoms with van der Waals surface area (Å²) >= 11 is 1.47. The number of nitrogens with zero attached hydrogens (tertiary/aromatic N) is 5. The number of aromatic nitrogens is 5. The van der Waals surface area contributed by atoms with Gasteiger partial charge >= 0.3 is 0 Å². The van der Waals surface area contributed by atoms with Crippen LogP contribution < -0.4 is 20.5 Å². The van der Waals surface area contributed by atoms with Crippen LogP contribution in [0.5, 0.6) is 11.5 Å². The highest BCUT2D eigenvalue weighted by Crippen LogP contribution is 2.38. The first-order valence-corrected chi connectivity index (χ1v) is 11.3. The second kappa shape index (κ2) is 9.63. The molecule has 33 heavy (non-hydrogen) atoms. The lowest BCUT2D eigenvalue weighted by atomic mass is 10.00. The van der Waals surface area contributed by atoms with Gasteiger partial charge in [-0.25, -0.2) is 15.0 Å². The van der Waals surface area contributed by atoms with Gasteiger partial charge in [0.05, 0.1) is 30.3 Å². The first kappa shape index (κ1) is 22.8. The molecule has 4 aromatic rings. The number of methoxy groups -OCH3 is 2. The van der Waals surface area contributed by atoms with Crippen LogP contribution in [-0.2, 0) is 12.1 Å². The molecule has 0 radical (unpaired) electrons. The molecule has 10 heteroatoms. The predicted octanol–water partition coefficient (Wildman–Crippen LogP) is 3.50. The van der Waals surface area contributed by atoms with Crippen molar-refractivity contribution in [2.75, 3.05) is 26.5 Å². The average molecular weight is 466 g/mol. The van der Waals surface area contributed by atoms with Gasteiger partial charge < -0.3 is 25.1 Å². The Morgan fingerprint density at radius 2 is 1.94 bits per heavy atom. The summed E-state index contributed by atoms with van der Waals surface area (Å²) in [6.07, 6.45) is 3.26. The first-order valence-electron chi connectivity index (χ1n) is 10.5. The van der Waals surface area contributed by atoms with E-state index in [1.807, 2.05) is 41.0 Å². The summed E-state index contributed by atoms with van der Waals surface area (Å²) in [5.74, 6) is 1.81. The highest BCUT2D eigenvalue weighted by atomic mass is 32.2. The second-order valence-corrected chi connectivity index (χ2v) is 8.87. The normalized spacial score (nSPS) is 11.6. The molecular formula is C23H27N7O2S. The van der Waals surface area contributed by atoms with Crippen LogP contribution in [0, 0.1) is 0 Å². The average Bonchev–Trinajstić information content (AvgIpc) is 3.18. The van der Waals surface area contributed by atoms with Crippen LogP contribution in [0.4, 0.5) is 5.82 Å². The van der Waals surface area contributed by atoms with E-state index in [0.29, 0.717) is 30.1 Å². The van der Waals surface area contributed by atoms with Crippen molar-refractivity contribution in [2.24, 2.45) is 0 Å². The van der Waals surface area contributed by atoms with E-state index >= 15 is 0 Å². The lowest BCUT2D eigenvalue weighted by Gasteiger charge is -2.26. The van der Waals surface area contributed by atoms with Crippen LogP contribution in [0.25, 0.3) is 11.2 Å². The SMILES string of the molecule is COc1ccc(OC)c(Sc2nc3c(N)ncnc3n2CCNC(C)(C)c2ccccn2)c1. The maximum Gasteiger partial charge on any atom is 0.175 e. The number of ether oxygens (including phenoxy) is 2. The van der Waals surface area contributed by atoms with E-state index in [1.165, 1.54) is 18.1 Å². The Bertz CT molecular complexity index is 1240. The number of benzene rings is 1. The van der Waals surface area contributed by atoms with E-state index in [1.54, 1.807) is 20.4 Å². The summed E-state index contributed by atoms with van der Waals surface area (Å²) in [4.78, 5) is 18.7. The lowest BCUT2D eigenvalue weighted by Crippen LogP contribution is -2.39. The molecule has 3 heterocycles. The van der Waals surface area contributed by atoms with Gasteiger partial charge in [-0.3, -0.25) is 4.98 Å². The molecule has 0 amide bonds. The van der Waals surface area contributed by atoms with Gasteiger partial charge in [-0.2, -0.15) is 0 Å². The third-order valence-electron chi connectivity index (χ3n) is 5.30. The van der Waals surface area contributed by atoms with Crippen molar-refractivity contribution in [1.29, 1.82) is 0 Å². The number of nitrogen functional groups attached to an aromatic ring is 1. The lowest BCUT2D eigenvalue weighted by molar-refractivity contribution is 0.379. The van der Waals surface area contributed by atoms with Gasteiger partial charge in [-0.15, -0.1) is 0 Å². The smallest absolute Gasteiger partial charge is 0.175 e. The molecule has 0 bridgehead atoms. The second-order valence-electron chi connectivity index (χ2n) is 7.86. The fourth-order valence-corrected chi connectivity index (χ4v) is 4.53. The number of pyridine rings is 1. The largest absolute Gasteiger partial charge is 0.497 e. The topological polar surface area (TPSA) is 113 Å². The highest BCUT2D eigenvalue weighted by molar-refractivity contribution is 7.99. The van der Waals surface area contributed by atoms with Crippen LogP contribution in [0.15, 0.2) is 59.0 Å². The Hall–Kier alpha value is -3.37. The molecule has 0 spiro atoms. The molecular weight excluding hydrogens is 438 g/mol. The molecule has 0 atom stereocenters. The van der Waals surface area contributed by atoms with Crippen LogP contribution in [-0.4, -0.2) is 45.3 Å². The Morgan fingerprint density at radius 1 is 1.09 bits per heavy atom. The van der Waals surface area contributed by atoms with Crippen molar-refractivity contribution in [1.82, 2.24) is 29.8 Å². The zero-order valence-corrected chi connectivity index (χ0v) is 19.9. The Kier molecular flexibility index (Phi) is 6.66. The van der Waals surface area contributed by atoms with E-state index in [4.69, 9.17) is 20.2 Å². The van der Waals surface area contributed by atoms with Gasteiger partial charge in [0.15, 0.2) is 22.1 Å². The summed E-state index contributed by atoms with van der Waals surface area (Å²) < 4.78 is 13.0. The van der Waals surface area contributed by atoms with E-state index in [-0.39, 0.29) is 5.54 Å². The van der Waals surface area contributed by atoms with Gasteiger partial charge in [-0.05, 0) is 55.9 Å². The summed E-state index contributed by atoms with van der Waals surface area (Å²) in [6.45, 7) is 5.51. The van der Waals surface area contributed by atoms with E-state index in [9.17, 15) is 0 Å². The van der Waals surface area contributed by atoms with Crippen LogP contribution >= 0.6 is 11.8 Å². The molecule has 0 saturated heterocycles. The summed E-state index contributed by atoms with van der Waals surface area (Å²) in [5.41, 5.74) is 8.04. The quantitative estimate of drug-likeness (QED) is 0.383. The molecule has 0 aliphatic carbocycles. The summed E-state index contributed by atoms with van der Waals surface area (Å²) in [5, 5.41) is 4.32. The predicted molar refractivity (Wildman–Crippen MR) is 129 cm³/mol. The number of anilines is 1. The number of hydrogen-bond acceptors (Lipinski definition) is 9. The molecule has 0 aliphatic rings. The third kappa shape index (κ3) is 4.86. The minimum atomic E-state index is -0.297. The number of rotatable bonds is 9. The first-order chi connectivity index (χ1) is 15.9. The molecule has 3 N–H and O–H groups in total. The van der Waals surface area contributed by atoms with Crippen LogP contribution in [0.1, 0.15) is 19.5 Å². The molecule has 0 aliphatic heterocycles. The number of imidazole rings is 1. The molecule has 0 saturated carbocycles. The molecule has 1 aromatic carbocycles. The van der Waals surface area contributed by atoms with Crippen molar-refractivity contribution in [3.05, 3.63) is 54.6 Å². The fraction of sp³-hybridized carbons (Fsp3) is 0.304. The maximum atomic E-state index is 6.10. The Morgan fingerprint density at radius 3 is 2.67 bits per heavy atom. The monoisotopic (exact) mass is 465 g/mol. The van der Waals surface area contributed by atoms with Gasteiger partial charge in [-0.1, -0.05) is 6.07 Å². The van der Waals surface area contributed by atoms with Gasteiger partial charge in [0.1, 0.15) is 17.8 Å². The zero-order valence-electron chi connectivity index (χ0n) is 19.1. The van der Waals surface area contributed by atoms with Crippen molar-refractivity contribution in [2.45, 2.75) is 36.0 Å². The molecule has 9 nitrogen and oxygen atoms in total. The molecule has 0 unspecified atom stereocenters. The van der Waals surface area contributed by atoms with Crippen molar-refractivity contribution < 1.29 is 9.47 Å². The van der Waals surface area contributed by atoms with Crippen LogP contribution in [0.3, 0.4) is 0 Å². The molecule has 3 aromatic heterocycles. The van der Waals surface area contributed by atoms with Crippen molar-refractivity contribution in [3.8, 4) is 11.5 Å². The van der Waals surface area contributed by atoms with Gasteiger partial charge in [0.2, 0.25) is 0 Å². The summed E-state index contributed by atoms with van der Waals surface area (Å²) in [6, 6.07) is 11.6. The van der Waals surface area contributed by atoms with Gasteiger partial charge in [0.25, 0.3) is 0 Å². The van der Waals surface area contributed by atoms with E-state index in [0.717, 1.165) is 27.2 Å². The number of hydrogen-bond donors (Lipinski definition) is 2. The molecule has 0 fully saturated rings. The zero-order chi connectivity index (χ0) is 23.4. The Labute approximate surface area is 196 Å². The number of fused-ring (bicyclic) bond motifs is 1. The number of nitrogens with one attached hydrogen (secondary N) is 1. The minimum Gasteiger partial charge on any atom is -0.497 e. The van der Waals surface area contributed by atoms with Gasteiger partial charge in [0, 0.05) is 19.3 Å². The van der Waals surface area contributed by atoms with E-state index < -0.39 is 0 Å². The third-order valence-corrected chi connectivity index (χ3v) is 6.34. The number of nitrogens with two attached hydrogens (primary N) is 1. The standard InChI is InChI=1S/C23H27N7O2S/c1-23(2,18-7-5-6-10-25-18)28-11-12-30-21-19(20(24)26-14-27-21)29-22(30)33-17-13-15(31-3)8-9-16(17)32-4/h5-10,13-14,28H,11-12H2,1-4H3,(H2,24,26,27). The van der Waals surface area contributed by atoms with E-state index in [2.05, 4.69) is 34.1 Å². The molecule has 172 valence electrons. The van der Waals surface area contributed by atoms with Crippen molar-refractivity contribution in [3.63, 3.8) is 0 Å². The fourth-order valence-electron chi connectivity index (χ4n) is 3.48. The summed E-state index contributed by atoms with van der Waals surface area (Å²) in [7, 11) is 3.28. The minimum absolute atomic E-state index is 0.297. The Balaban J connectivity index is 1.64. The maximum absolute atomic E-state index is 6.10. The van der Waals surface area contributed by atoms with Crippen molar-refractivity contribution >= 4 is 28.7 Å². The molecule has 4 rings (SSSR count).